The highest BCUT2D eigenvalue weighted by molar-refractivity contribution is 6.40. The normalized spacial score (nSPS) is 30.7. The molecular weight excluding hydrogens is 308 g/mol. The molecule has 0 bridgehead atoms. The molecular formula is C17H22N4O3. The molecule has 0 aromatic rings. The second-order valence-corrected chi connectivity index (χ2v) is 7.34. The van der Waals surface area contributed by atoms with Crippen LogP contribution in [0.15, 0.2) is 5.16 Å². The Morgan fingerprint density at radius 1 is 1.12 bits per heavy atom. The fraction of sp³-hybridized carbons (Fsp3) is 0.765. The zero-order valence-electron chi connectivity index (χ0n) is 13.7. The maximum absolute atomic E-state index is 12.9. The summed E-state index contributed by atoms with van der Waals surface area (Å²) in [6, 6.07) is 2.26. The Hall–Kier alpha value is -2.10. The van der Waals surface area contributed by atoms with E-state index in [1.54, 1.807) is 4.90 Å². The van der Waals surface area contributed by atoms with Gasteiger partial charge in [-0.2, -0.15) is 5.26 Å². The SMILES string of the molecule is N#CC1(C(=O)N2C[C@@H]3C(C(=O)N4CCCC4)=NO[C@@H]3C2)CCCC1. The summed E-state index contributed by atoms with van der Waals surface area (Å²) < 4.78 is 0. The minimum Gasteiger partial charge on any atom is -0.389 e. The monoisotopic (exact) mass is 330 g/mol. The predicted molar refractivity (Wildman–Crippen MR) is 84.7 cm³/mol. The number of nitriles is 1. The molecule has 24 heavy (non-hydrogen) atoms. The number of carbonyl (C=O) groups excluding carboxylic acids is 2. The van der Waals surface area contributed by atoms with E-state index in [9.17, 15) is 14.9 Å². The lowest BCUT2D eigenvalue weighted by Crippen LogP contribution is -2.42. The van der Waals surface area contributed by atoms with Gasteiger partial charge in [0.25, 0.3) is 5.91 Å². The lowest BCUT2D eigenvalue weighted by Gasteiger charge is -2.26. The van der Waals surface area contributed by atoms with Crippen molar-refractivity contribution in [3.05, 3.63) is 0 Å². The first-order chi connectivity index (χ1) is 11.6. The second-order valence-electron chi connectivity index (χ2n) is 7.34. The molecule has 1 saturated carbocycles. The van der Waals surface area contributed by atoms with Gasteiger partial charge in [0, 0.05) is 19.6 Å². The van der Waals surface area contributed by atoms with Gasteiger partial charge < -0.3 is 14.6 Å². The molecule has 1 aliphatic carbocycles. The minimum atomic E-state index is -0.866. The zero-order valence-corrected chi connectivity index (χ0v) is 13.7. The number of carbonyl (C=O) groups is 2. The third kappa shape index (κ3) is 2.27. The molecule has 0 aromatic carbocycles. The third-order valence-electron chi connectivity index (χ3n) is 5.88. The topological polar surface area (TPSA) is 86.0 Å². The van der Waals surface area contributed by atoms with Crippen LogP contribution in [0.25, 0.3) is 0 Å². The maximum atomic E-state index is 12.9. The Morgan fingerprint density at radius 2 is 1.83 bits per heavy atom. The Bertz CT molecular complexity index is 626. The average molecular weight is 330 g/mol. The molecule has 2 atom stereocenters. The molecule has 128 valence electrons. The van der Waals surface area contributed by atoms with Crippen molar-refractivity contribution in [2.75, 3.05) is 26.2 Å². The fourth-order valence-corrected chi connectivity index (χ4v) is 4.44. The van der Waals surface area contributed by atoms with Crippen molar-refractivity contribution < 1.29 is 14.4 Å². The van der Waals surface area contributed by atoms with Crippen molar-refractivity contribution >= 4 is 17.5 Å². The summed E-state index contributed by atoms with van der Waals surface area (Å²) in [7, 11) is 0. The summed E-state index contributed by atoms with van der Waals surface area (Å²) in [6.07, 6.45) is 4.96. The van der Waals surface area contributed by atoms with Crippen molar-refractivity contribution in [3.63, 3.8) is 0 Å². The molecule has 0 N–H and O–H groups in total. The number of fused-ring (bicyclic) bond motifs is 1. The Morgan fingerprint density at radius 3 is 2.50 bits per heavy atom. The van der Waals surface area contributed by atoms with Gasteiger partial charge in [0.15, 0.2) is 11.8 Å². The predicted octanol–water partition coefficient (Wildman–Crippen LogP) is 0.906. The number of nitrogens with zero attached hydrogens (tertiary/aromatic N) is 4. The summed E-state index contributed by atoms with van der Waals surface area (Å²) in [4.78, 5) is 34.5. The lowest BCUT2D eigenvalue weighted by molar-refractivity contribution is -0.138. The summed E-state index contributed by atoms with van der Waals surface area (Å²) in [5.41, 5.74) is -0.413. The molecule has 0 unspecified atom stereocenters. The Labute approximate surface area is 141 Å². The number of hydrogen-bond acceptors (Lipinski definition) is 5. The van der Waals surface area contributed by atoms with E-state index in [1.165, 1.54) is 0 Å². The zero-order chi connectivity index (χ0) is 16.7. The highest BCUT2D eigenvalue weighted by Crippen LogP contribution is 2.41. The molecule has 2 amide bonds. The first kappa shape index (κ1) is 15.4. The van der Waals surface area contributed by atoms with E-state index in [-0.39, 0.29) is 23.8 Å². The molecule has 0 spiro atoms. The van der Waals surface area contributed by atoms with Crippen LogP contribution < -0.4 is 0 Å². The van der Waals surface area contributed by atoms with Gasteiger partial charge in [-0.1, -0.05) is 18.0 Å². The van der Waals surface area contributed by atoms with E-state index in [0.29, 0.717) is 31.6 Å². The fourth-order valence-electron chi connectivity index (χ4n) is 4.44. The van der Waals surface area contributed by atoms with Crippen molar-refractivity contribution in [1.82, 2.24) is 9.80 Å². The van der Waals surface area contributed by atoms with Gasteiger partial charge in [0.05, 0.1) is 18.5 Å². The molecule has 7 heteroatoms. The average Bonchev–Trinajstić information content (AvgIpc) is 3.37. The molecule has 2 saturated heterocycles. The van der Waals surface area contributed by atoms with E-state index in [0.717, 1.165) is 38.8 Å². The van der Waals surface area contributed by atoms with Gasteiger partial charge in [-0.15, -0.1) is 0 Å². The summed E-state index contributed by atoms with van der Waals surface area (Å²) in [6.45, 7) is 2.41. The molecule has 4 aliphatic rings. The number of likely N-dealkylation sites (tertiary alicyclic amines) is 2. The molecule has 0 aromatic heterocycles. The standard InChI is InChI=1S/C17H22N4O3/c18-11-17(5-1-2-6-17)16(23)21-9-12-13(10-21)24-19-14(12)15(22)20-7-3-4-8-20/h12-13H,1-10H2/t12-,13+/m0/s1. The lowest BCUT2D eigenvalue weighted by atomic mass is 9.86. The highest BCUT2D eigenvalue weighted by atomic mass is 16.6. The summed E-state index contributed by atoms with van der Waals surface area (Å²) in [5.74, 6) is -0.294. The Balaban J connectivity index is 1.46. The summed E-state index contributed by atoms with van der Waals surface area (Å²) >= 11 is 0. The smallest absolute Gasteiger partial charge is 0.272 e. The molecule has 4 rings (SSSR count). The van der Waals surface area contributed by atoms with Crippen molar-refractivity contribution in [3.8, 4) is 6.07 Å². The molecule has 0 radical (unpaired) electrons. The first-order valence-electron chi connectivity index (χ1n) is 8.88. The van der Waals surface area contributed by atoms with Crippen LogP contribution in [-0.4, -0.2) is 59.6 Å². The summed E-state index contributed by atoms with van der Waals surface area (Å²) in [5, 5.41) is 13.5. The Kier molecular flexibility index (Phi) is 3.70. The molecule has 7 nitrogen and oxygen atoms in total. The van der Waals surface area contributed by atoms with E-state index >= 15 is 0 Å². The quantitative estimate of drug-likeness (QED) is 0.753. The highest BCUT2D eigenvalue weighted by Gasteiger charge is 2.52. The maximum Gasteiger partial charge on any atom is 0.272 e. The van der Waals surface area contributed by atoms with Crippen LogP contribution in [0.2, 0.25) is 0 Å². The largest absolute Gasteiger partial charge is 0.389 e. The van der Waals surface area contributed by atoms with Gasteiger partial charge in [0.2, 0.25) is 5.91 Å². The molecule has 3 aliphatic heterocycles. The molecule has 3 heterocycles. The third-order valence-corrected chi connectivity index (χ3v) is 5.88. The van der Waals surface area contributed by atoms with Gasteiger partial charge in [0.1, 0.15) is 5.41 Å². The molecule has 3 fully saturated rings. The van der Waals surface area contributed by atoms with Crippen LogP contribution in [0.3, 0.4) is 0 Å². The van der Waals surface area contributed by atoms with Crippen LogP contribution in [0.5, 0.6) is 0 Å². The van der Waals surface area contributed by atoms with Crippen LogP contribution in [0, 0.1) is 22.7 Å². The van der Waals surface area contributed by atoms with Gasteiger partial charge >= 0.3 is 0 Å². The minimum absolute atomic E-state index is 0.0508. The van der Waals surface area contributed by atoms with Gasteiger partial charge in [-0.05, 0) is 25.7 Å². The number of hydrogen-bond donors (Lipinski definition) is 0. The second kappa shape index (κ2) is 5.76. The van der Waals surface area contributed by atoms with Gasteiger partial charge in [-0.25, -0.2) is 0 Å². The number of amides is 2. The van der Waals surface area contributed by atoms with E-state index < -0.39 is 5.41 Å². The van der Waals surface area contributed by atoms with Gasteiger partial charge in [-0.3, -0.25) is 9.59 Å². The van der Waals surface area contributed by atoms with Crippen LogP contribution >= 0.6 is 0 Å². The van der Waals surface area contributed by atoms with E-state index in [1.807, 2.05) is 4.90 Å². The number of rotatable bonds is 2. The first-order valence-corrected chi connectivity index (χ1v) is 8.88. The van der Waals surface area contributed by atoms with E-state index in [4.69, 9.17) is 4.84 Å². The van der Waals surface area contributed by atoms with Crippen LogP contribution in [-0.2, 0) is 14.4 Å². The number of oxime groups is 1. The van der Waals surface area contributed by atoms with Crippen molar-refractivity contribution in [2.45, 2.75) is 44.6 Å². The van der Waals surface area contributed by atoms with E-state index in [2.05, 4.69) is 11.2 Å². The van der Waals surface area contributed by atoms with Crippen molar-refractivity contribution in [1.29, 1.82) is 5.26 Å². The van der Waals surface area contributed by atoms with Crippen LogP contribution in [0.1, 0.15) is 38.5 Å². The van der Waals surface area contributed by atoms with Crippen LogP contribution in [0.4, 0.5) is 0 Å². The van der Waals surface area contributed by atoms with Crippen molar-refractivity contribution in [2.24, 2.45) is 16.5 Å².